The monoisotopic (exact) mass is 260 g/mol. The normalized spacial score (nSPS) is 10.7. The standard InChI is InChI=1S/C10H8N6OS/c11-9(17)7-8(5-1-12-13-2-5)18-10(16-7)6-3-14-15-4-6/h1-4H,(H2,11,17)(H,12,13)(H,14,15). The van der Waals surface area contributed by atoms with E-state index in [-0.39, 0.29) is 5.69 Å². The van der Waals surface area contributed by atoms with Gasteiger partial charge in [-0.25, -0.2) is 4.98 Å². The molecule has 0 spiro atoms. The molecule has 3 aromatic heterocycles. The highest BCUT2D eigenvalue weighted by molar-refractivity contribution is 7.18. The van der Waals surface area contributed by atoms with Crippen molar-refractivity contribution in [1.82, 2.24) is 25.4 Å². The van der Waals surface area contributed by atoms with Crippen molar-refractivity contribution in [2.45, 2.75) is 0 Å². The Hall–Kier alpha value is -2.48. The summed E-state index contributed by atoms with van der Waals surface area (Å²) in [5, 5.41) is 13.8. The number of aromatic amines is 2. The smallest absolute Gasteiger partial charge is 0.268 e. The zero-order valence-corrected chi connectivity index (χ0v) is 9.86. The molecule has 0 aliphatic carbocycles. The van der Waals surface area contributed by atoms with Gasteiger partial charge in [0, 0.05) is 23.5 Å². The molecule has 90 valence electrons. The summed E-state index contributed by atoms with van der Waals surface area (Å²) in [4.78, 5) is 16.4. The minimum atomic E-state index is -0.558. The second-order valence-corrected chi connectivity index (χ2v) is 4.53. The second-order valence-electron chi connectivity index (χ2n) is 3.53. The van der Waals surface area contributed by atoms with Crippen LogP contribution in [0.25, 0.3) is 21.0 Å². The third kappa shape index (κ3) is 1.68. The van der Waals surface area contributed by atoms with Gasteiger partial charge in [0.25, 0.3) is 5.91 Å². The summed E-state index contributed by atoms with van der Waals surface area (Å²) in [6, 6.07) is 0. The molecule has 0 saturated carbocycles. The van der Waals surface area contributed by atoms with Gasteiger partial charge in [-0.05, 0) is 0 Å². The number of aromatic nitrogens is 5. The number of hydrogen-bond acceptors (Lipinski definition) is 5. The summed E-state index contributed by atoms with van der Waals surface area (Å²) in [6.45, 7) is 0. The van der Waals surface area contributed by atoms with Crippen LogP contribution in [0.2, 0.25) is 0 Å². The van der Waals surface area contributed by atoms with Gasteiger partial charge in [0.15, 0.2) is 0 Å². The first-order valence-corrected chi connectivity index (χ1v) is 5.86. The van der Waals surface area contributed by atoms with Crippen LogP contribution >= 0.6 is 11.3 Å². The van der Waals surface area contributed by atoms with Gasteiger partial charge < -0.3 is 5.73 Å². The lowest BCUT2D eigenvalue weighted by Gasteiger charge is -1.92. The number of primary amides is 1. The molecule has 1 amide bonds. The fourth-order valence-electron chi connectivity index (χ4n) is 1.55. The Morgan fingerprint density at radius 1 is 1.17 bits per heavy atom. The van der Waals surface area contributed by atoms with E-state index in [4.69, 9.17) is 5.73 Å². The van der Waals surface area contributed by atoms with Crippen LogP contribution < -0.4 is 5.73 Å². The predicted octanol–water partition coefficient (Wildman–Crippen LogP) is 1.02. The van der Waals surface area contributed by atoms with Gasteiger partial charge in [-0.15, -0.1) is 11.3 Å². The molecule has 0 aliphatic heterocycles. The molecule has 0 atom stereocenters. The summed E-state index contributed by atoms with van der Waals surface area (Å²) in [5.41, 5.74) is 7.19. The van der Waals surface area contributed by atoms with E-state index >= 15 is 0 Å². The maximum atomic E-state index is 11.4. The van der Waals surface area contributed by atoms with Gasteiger partial charge >= 0.3 is 0 Å². The third-order valence-corrected chi connectivity index (χ3v) is 3.52. The van der Waals surface area contributed by atoms with E-state index in [2.05, 4.69) is 25.4 Å². The molecule has 3 rings (SSSR count). The molecule has 18 heavy (non-hydrogen) atoms. The zero-order chi connectivity index (χ0) is 12.5. The molecule has 0 fully saturated rings. The lowest BCUT2D eigenvalue weighted by Crippen LogP contribution is -2.12. The summed E-state index contributed by atoms with van der Waals surface area (Å²) in [6.07, 6.45) is 6.67. The van der Waals surface area contributed by atoms with Gasteiger partial charge in [-0.1, -0.05) is 0 Å². The Morgan fingerprint density at radius 2 is 1.83 bits per heavy atom. The van der Waals surface area contributed by atoms with Crippen molar-refractivity contribution in [1.29, 1.82) is 0 Å². The number of thiazole rings is 1. The number of nitrogens with two attached hydrogens (primary N) is 1. The Morgan fingerprint density at radius 3 is 2.39 bits per heavy atom. The third-order valence-electron chi connectivity index (χ3n) is 2.37. The minimum absolute atomic E-state index is 0.248. The molecule has 0 bridgehead atoms. The van der Waals surface area contributed by atoms with Crippen LogP contribution in [0.1, 0.15) is 10.5 Å². The predicted molar refractivity (Wildman–Crippen MR) is 65.8 cm³/mol. The van der Waals surface area contributed by atoms with E-state index in [0.717, 1.165) is 11.1 Å². The first-order valence-electron chi connectivity index (χ1n) is 5.04. The van der Waals surface area contributed by atoms with Crippen molar-refractivity contribution in [3.05, 3.63) is 30.5 Å². The van der Waals surface area contributed by atoms with Crippen molar-refractivity contribution in [3.8, 4) is 21.0 Å². The lowest BCUT2D eigenvalue weighted by atomic mass is 10.2. The van der Waals surface area contributed by atoms with E-state index in [1.54, 1.807) is 24.8 Å². The maximum Gasteiger partial charge on any atom is 0.268 e. The number of carbonyl (C=O) groups is 1. The highest BCUT2D eigenvalue weighted by atomic mass is 32.1. The van der Waals surface area contributed by atoms with E-state index in [9.17, 15) is 4.79 Å². The van der Waals surface area contributed by atoms with Crippen LogP contribution in [0.3, 0.4) is 0 Å². The summed E-state index contributed by atoms with van der Waals surface area (Å²) in [5.74, 6) is -0.558. The number of nitrogens with zero attached hydrogens (tertiary/aromatic N) is 3. The van der Waals surface area contributed by atoms with Crippen LogP contribution in [0.5, 0.6) is 0 Å². The highest BCUT2D eigenvalue weighted by Crippen LogP contribution is 2.34. The van der Waals surface area contributed by atoms with Gasteiger partial charge in [-0.3, -0.25) is 15.0 Å². The number of nitrogens with one attached hydrogen (secondary N) is 2. The van der Waals surface area contributed by atoms with Crippen molar-refractivity contribution in [2.24, 2.45) is 5.73 Å². The summed E-state index contributed by atoms with van der Waals surface area (Å²) >= 11 is 1.37. The molecule has 0 unspecified atom stereocenters. The van der Waals surface area contributed by atoms with Crippen molar-refractivity contribution < 1.29 is 4.79 Å². The van der Waals surface area contributed by atoms with Crippen LogP contribution in [-0.4, -0.2) is 31.3 Å². The summed E-state index contributed by atoms with van der Waals surface area (Å²) < 4.78 is 0. The fraction of sp³-hybridized carbons (Fsp3) is 0. The Bertz CT molecular complexity index is 669. The van der Waals surface area contributed by atoms with Crippen LogP contribution in [-0.2, 0) is 0 Å². The fourth-order valence-corrected chi connectivity index (χ4v) is 2.58. The molecule has 3 aromatic rings. The average Bonchev–Trinajstić information content (AvgIpc) is 3.10. The average molecular weight is 260 g/mol. The Kier molecular flexibility index (Phi) is 2.41. The molecular formula is C10H8N6OS. The molecule has 8 heteroatoms. The van der Waals surface area contributed by atoms with Gasteiger partial charge in [0.2, 0.25) is 0 Å². The molecule has 4 N–H and O–H groups in total. The van der Waals surface area contributed by atoms with E-state index < -0.39 is 5.91 Å². The quantitative estimate of drug-likeness (QED) is 0.652. The van der Waals surface area contributed by atoms with Crippen LogP contribution in [0, 0.1) is 0 Å². The second kappa shape index (κ2) is 4.08. The number of H-pyrrole nitrogens is 2. The highest BCUT2D eigenvalue weighted by Gasteiger charge is 2.19. The largest absolute Gasteiger partial charge is 0.364 e. The first-order chi connectivity index (χ1) is 8.75. The first kappa shape index (κ1) is 10.7. The lowest BCUT2D eigenvalue weighted by molar-refractivity contribution is 0.0997. The number of hydrogen-bond donors (Lipinski definition) is 3. The maximum absolute atomic E-state index is 11.4. The van der Waals surface area contributed by atoms with Gasteiger partial charge in [0.05, 0.1) is 17.3 Å². The molecule has 7 nitrogen and oxygen atoms in total. The van der Waals surface area contributed by atoms with E-state index in [1.807, 2.05) is 0 Å². The van der Waals surface area contributed by atoms with Gasteiger partial charge in [-0.2, -0.15) is 10.2 Å². The molecule has 0 aliphatic rings. The van der Waals surface area contributed by atoms with Crippen molar-refractivity contribution in [3.63, 3.8) is 0 Å². The van der Waals surface area contributed by atoms with Crippen molar-refractivity contribution >= 4 is 17.2 Å². The minimum Gasteiger partial charge on any atom is -0.364 e. The SMILES string of the molecule is NC(=O)c1nc(-c2cn[nH]c2)sc1-c1cn[nH]c1. The van der Waals surface area contributed by atoms with Gasteiger partial charge in [0.1, 0.15) is 10.7 Å². The number of amides is 1. The van der Waals surface area contributed by atoms with E-state index in [0.29, 0.717) is 9.88 Å². The molecular weight excluding hydrogens is 252 g/mol. The molecule has 3 heterocycles. The van der Waals surface area contributed by atoms with Crippen LogP contribution in [0.4, 0.5) is 0 Å². The topological polar surface area (TPSA) is 113 Å². The summed E-state index contributed by atoms with van der Waals surface area (Å²) in [7, 11) is 0. The molecule has 0 saturated heterocycles. The number of carbonyl (C=O) groups excluding carboxylic acids is 1. The Labute approximate surface area is 105 Å². The molecule has 0 radical (unpaired) electrons. The van der Waals surface area contributed by atoms with E-state index in [1.165, 1.54) is 11.3 Å². The zero-order valence-electron chi connectivity index (χ0n) is 9.04. The van der Waals surface area contributed by atoms with Crippen LogP contribution in [0.15, 0.2) is 24.8 Å². The number of rotatable bonds is 3. The Balaban J connectivity index is 2.16. The van der Waals surface area contributed by atoms with Crippen molar-refractivity contribution in [2.75, 3.05) is 0 Å². The molecule has 0 aromatic carbocycles.